The van der Waals surface area contributed by atoms with Crippen molar-refractivity contribution in [3.63, 3.8) is 0 Å². The predicted octanol–water partition coefficient (Wildman–Crippen LogP) is 2.41. The number of nitrogens with one attached hydrogen (secondary N) is 1. The molecular formula is C20H26N4O2. The zero-order valence-electron chi connectivity index (χ0n) is 15.4. The van der Waals surface area contributed by atoms with Crippen molar-refractivity contribution in [2.75, 3.05) is 50.1 Å². The predicted molar refractivity (Wildman–Crippen MR) is 104 cm³/mol. The van der Waals surface area contributed by atoms with Gasteiger partial charge in [-0.25, -0.2) is 4.98 Å². The molecule has 1 fully saturated rings. The van der Waals surface area contributed by atoms with E-state index in [1.165, 1.54) is 0 Å². The first-order chi connectivity index (χ1) is 12.7. The Balaban J connectivity index is 1.51. The number of carbonyl (C=O) groups excluding carboxylic acids is 1. The molecule has 1 N–H and O–H groups in total. The molecule has 1 aromatic carbocycles. The summed E-state index contributed by atoms with van der Waals surface area (Å²) < 4.78 is 5.65. The fraction of sp³-hybridized carbons (Fsp3) is 0.400. The summed E-state index contributed by atoms with van der Waals surface area (Å²) in [6, 6.07) is 11.6. The molecule has 0 atom stereocenters. The van der Waals surface area contributed by atoms with Crippen molar-refractivity contribution < 1.29 is 9.53 Å². The lowest BCUT2D eigenvalue weighted by atomic mass is 10.1. The molecular weight excluding hydrogens is 328 g/mol. The number of aromatic nitrogens is 1. The van der Waals surface area contributed by atoms with Gasteiger partial charge in [-0.05, 0) is 37.2 Å². The number of nitrogens with zero attached hydrogens (tertiary/aromatic N) is 3. The van der Waals surface area contributed by atoms with Gasteiger partial charge in [-0.2, -0.15) is 0 Å². The molecule has 1 saturated heterocycles. The number of hydrogen-bond donors (Lipinski definition) is 1. The first-order valence-corrected chi connectivity index (χ1v) is 9.06. The summed E-state index contributed by atoms with van der Waals surface area (Å²) in [4.78, 5) is 21.2. The largest absolute Gasteiger partial charge is 0.483 e. The summed E-state index contributed by atoms with van der Waals surface area (Å²) in [5.41, 5.74) is 1.78. The maximum Gasteiger partial charge on any atom is 0.262 e. The second kappa shape index (κ2) is 8.67. The Morgan fingerprint density at radius 2 is 1.92 bits per heavy atom. The molecule has 0 aliphatic carbocycles. The Bertz CT molecular complexity index is 725. The highest BCUT2D eigenvalue weighted by Crippen LogP contribution is 2.19. The van der Waals surface area contributed by atoms with Gasteiger partial charge in [0.1, 0.15) is 11.6 Å². The van der Waals surface area contributed by atoms with Gasteiger partial charge in [0.05, 0.1) is 11.9 Å². The van der Waals surface area contributed by atoms with Crippen LogP contribution in [0.5, 0.6) is 5.75 Å². The lowest BCUT2D eigenvalue weighted by Gasteiger charge is -2.33. The monoisotopic (exact) mass is 354 g/mol. The van der Waals surface area contributed by atoms with Crippen molar-refractivity contribution in [1.82, 2.24) is 9.88 Å². The molecule has 0 unspecified atom stereocenters. The molecule has 2 aromatic rings. The van der Waals surface area contributed by atoms with E-state index in [4.69, 9.17) is 4.74 Å². The van der Waals surface area contributed by atoms with Crippen molar-refractivity contribution in [2.45, 2.75) is 13.3 Å². The van der Waals surface area contributed by atoms with Crippen LogP contribution in [-0.4, -0.2) is 55.6 Å². The standard InChI is InChI=1S/C20H26N4O2/c1-3-16-6-4-5-7-18(16)26-15-20(25)22-17-8-9-19(21-14-17)24-12-10-23(2)11-13-24/h4-9,14H,3,10-13,15H2,1-2H3,(H,22,25). The van der Waals surface area contributed by atoms with E-state index in [1.54, 1.807) is 6.20 Å². The van der Waals surface area contributed by atoms with Crippen LogP contribution < -0.4 is 15.0 Å². The highest BCUT2D eigenvalue weighted by atomic mass is 16.5. The van der Waals surface area contributed by atoms with Gasteiger partial charge >= 0.3 is 0 Å². The van der Waals surface area contributed by atoms with Crippen LogP contribution >= 0.6 is 0 Å². The van der Waals surface area contributed by atoms with E-state index < -0.39 is 0 Å². The molecule has 138 valence electrons. The summed E-state index contributed by atoms with van der Waals surface area (Å²) in [5.74, 6) is 1.52. The summed E-state index contributed by atoms with van der Waals surface area (Å²) in [7, 11) is 2.13. The van der Waals surface area contributed by atoms with E-state index in [0.29, 0.717) is 5.69 Å². The van der Waals surface area contributed by atoms with Crippen LogP contribution in [0.15, 0.2) is 42.6 Å². The number of amides is 1. The topological polar surface area (TPSA) is 57.7 Å². The Morgan fingerprint density at radius 3 is 2.62 bits per heavy atom. The number of pyridine rings is 1. The lowest BCUT2D eigenvalue weighted by Crippen LogP contribution is -2.44. The molecule has 1 aliphatic rings. The third kappa shape index (κ3) is 4.73. The van der Waals surface area contributed by atoms with Crippen molar-refractivity contribution in [2.24, 2.45) is 0 Å². The van der Waals surface area contributed by atoms with Crippen LogP contribution in [0.1, 0.15) is 12.5 Å². The SMILES string of the molecule is CCc1ccccc1OCC(=O)Nc1ccc(N2CCN(C)CC2)nc1. The number of benzene rings is 1. The summed E-state index contributed by atoms with van der Waals surface area (Å²) in [5, 5.41) is 2.83. The zero-order chi connectivity index (χ0) is 18.4. The highest BCUT2D eigenvalue weighted by molar-refractivity contribution is 5.91. The van der Waals surface area contributed by atoms with Gasteiger partial charge < -0.3 is 19.9 Å². The maximum absolute atomic E-state index is 12.1. The average Bonchev–Trinajstić information content (AvgIpc) is 2.68. The number of rotatable bonds is 6. The van der Waals surface area contributed by atoms with Gasteiger partial charge in [0.2, 0.25) is 0 Å². The Hall–Kier alpha value is -2.60. The molecule has 1 amide bonds. The summed E-state index contributed by atoms with van der Waals surface area (Å²) in [6.45, 7) is 6.07. The molecule has 0 radical (unpaired) electrons. The number of ether oxygens (including phenoxy) is 1. The van der Waals surface area contributed by atoms with Crippen molar-refractivity contribution in [1.29, 1.82) is 0 Å². The van der Waals surface area contributed by atoms with Crippen LogP contribution in [0, 0.1) is 0 Å². The smallest absolute Gasteiger partial charge is 0.262 e. The average molecular weight is 354 g/mol. The second-order valence-corrected chi connectivity index (χ2v) is 6.49. The third-order valence-electron chi connectivity index (χ3n) is 4.57. The quantitative estimate of drug-likeness (QED) is 0.863. The number of para-hydroxylation sites is 1. The van der Waals surface area contributed by atoms with E-state index in [0.717, 1.165) is 49.7 Å². The molecule has 0 bridgehead atoms. The van der Waals surface area contributed by atoms with Gasteiger partial charge in [0, 0.05) is 26.2 Å². The molecule has 1 aliphatic heterocycles. The molecule has 6 nitrogen and oxygen atoms in total. The minimum absolute atomic E-state index is 0.0166. The molecule has 6 heteroatoms. The number of hydrogen-bond acceptors (Lipinski definition) is 5. The third-order valence-corrected chi connectivity index (χ3v) is 4.57. The van der Waals surface area contributed by atoms with Crippen LogP contribution in [0.2, 0.25) is 0 Å². The van der Waals surface area contributed by atoms with Gasteiger partial charge in [0.15, 0.2) is 6.61 Å². The van der Waals surface area contributed by atoms with E-state index in [9.17, 15) is 4.79 Å². The highest BCUT2D eigenvalue weighted by Gasteiger charge is 2.15. The summed E-state index contributed by atoms with van der Waals surface area (Å²) in [6.07, 6.45) is 2.57. The van der Waals surface area contributed by atoms with E-state index in [1.807, 2.05) is 36.4 Å². The Labute approximate surface area is 154 Å². The van der Waals surface area contributed by atoms with Gasteiger partial charge in [-0.3, -0.25) is 4.79 Å². The molecule has 3 rings (SSSR count). The Kier molecular flexibility index (Phi) is 6.07. The lowest BCUT2D eigenvalue weighted by molar-refractivity contribution is -0.118. The molecule has 0 spiro atoms. The zero-order valence-corrected chi connectivity index (χ0v) is 15.4. The molecule has 2 heterocycles. The molecule has 26 heavy (non-hydrogen) atoms. The van der Waals surface area contributed by atoms with E-state index in [2.05, 4.69) is 34.1 Å². The van der Waals surface area contributed by atoms with Crippen LogP contribution in [0.4, 0.5) is 11.5 Å². The fourth-order valence-electron chi connectivity index (χ4n) is 2.96. The minimum atomic E-state index is -0.190. The number of aryl methyl sites for hydroxylation is 1. The first kappa shape index (κ1) is 18.2. The van der Waals surface area contributed by atoms with Crippen molar-refractivity contribution >= 4 is 17.4 Å². The normalized spacial score (nSPS) is 14.9. The molecule has 0 saturated carbocycles. The van der Waals surface area contributed by atoms with Gasteiger partial charge in [-0.15, -0.1) is 0 Å². The number of anilines is 2. The first-order valence-electron chi connectivity index (χ1n) is 9.06. The molecule has 1 aromatic heterocycles. The van der Waals surface area contributed by atoms with Crippen LogP contribution in [0.3, 0.4) is 0 Å². The van der Waals surface area contributed by atoms with Crippen molar-refractivity contribution in [3.8, 4) is 5.75 Å². The van der Waals surface area contributed by atoms with Crippen LogP contribution in [-0.2, 0) is 11.2 Å². The van der Waals surface area contributed by atoms with Gasteiger partial charge in [-0.1, -0.05) is 25.1 Å². The van der Waals surface area contributed by atoms with E-state index in [-0.39, 0.29) is 12.5 Å². The number of piperazine rings is 1. The fourth-order valence-corrected chi connectivity index (χ4v) is 2.96. The van der Waals surface area contributed by atoms with Crippen molar-refractivity contribution in [3.05, 3.63) is 48.2 Å². The van der Waals surface area contributed by atoms with Gasteiger partial charge in [0.25, 0.3) is 5.91 Å². The second-order valence-electron chi connectivity index (χ2n) is 6.49. The summed E-state index contributed by atoms with van der Waals surface area (Å²) >= 11 is 0. The maximum atomic E-state index is 12.1. The van der Waals surface area contributed by atoms with Crippen LogP contribution in [0.25, 0.3) is 0 Å². The van der Waals surface area contributed by atoms with E-state index >= 15 is 0 Å². The minimum Gasteiger partial charge on any atom is -0.483 e. The Morgan fingerprint density at radius 1 is 1.15 bits per heavy atom. The number of likely N-dealkylation sites (N-methyl/N-ethyl adjacent to an activating group) is 1. The number of carbonyl (C=O) groups is 1.